The monoisotopic (exact) mass is 309 g/mol. The van der Waals surface area contributed by atoms with Gasteiger partial charge < -0.3 is 10.4 Å². The molecule has 1 unspecified atom stereocenters. The zero-order valence-corrected chi connectivity index (χ0v) is 14.6. The number of thioether (sulfide) groups is 1. The van der Waals surface area contributed by atoms with Crippen molar-refractivity contribution in [2.24, 2.45) is 5.92 Å². The maximum Gasteiger partial charge on any atom is 0.0802 e. The lowest BCUT2D eigenvalue weighted by atomic mass is 10.0. The van der Waals surface area contributed by atoms with Crippen molar-refractivity contribution in [3.05, 3.63) is 29.8 Å². The highest BCUT2D eigenvalue weighted by Crippen LogP contribution is 2.28. The summed E-state index contributed by atoms with van der Waals surface area (Å²) in [6, 6.07) is 8.41. The fourth-order valence-corrected chi connectivity index (χ4v) is 3.76. The third kappa shape index (κ3) is 7.35. The van der Waals surface area contributed by atoms with Gasteiger partial charge in [0, 0.05) is 10.6 Å². The van der Waals surface area contributed by atoms with E-state index in [9.17, 15) is 5.11 Å². The van der Waals surface area contributed by atoms with Crippen LogP contribution in [-0.2, 0) is 0 Å². The molecular weight excluding hydrogens is 278 g/mol. The Hall–Kier alpha value is -0.510. The Labute approximate surface area is 134 Å². The van der Waals surface area contributed by atoms with Gasteiger partial charge in [0.05, 0.1) is 6.10 Å². The van der Waals surface area contributed by atoms with Gasteiger partial charge >= 0.3 is 0 Å². The summed E-state index contributed by atoms with van der Waals surface area (Å²) in [5.74, 6) is 2.01. The highest BCUT2D eigenvalue weighted by Gasteiger charge is 2.10. The zero-order valence-electron chi connectivity index (χ0n) is 13.8. The number of nitrogens with one attached hydrogen (secondary N) is 1. The molecule has 2 nitrogen and oxygen atoms in total. The molecule has 0 aliphatic heterocycles. The lowest BCUT2D eigenvalue weighted by Gasteiger charge is -2.16. The van der Waals surface area contributed by atoms with Crippen molar-refractivity contribution in [3.63, 3.8) is 0 Å². The molecule has 1 aromatic rings. The maximum absolute atomic E-state index is 10.2. The molecule has 0 aliphatic rings. The number of hydrogen-bond donors (Lipinski definition) is 2. The van der Waals surface area contributed by atoms with Crippen molar-refractivity contribution >= 4 is 11.8 Å². The third-order valence-corrected chi connectivity index (χ3v) is 5.02. The first-order valence-corrected chi connectivity index (χ1v) is 9.25. The average Bonchev–Trinajstić information content (AvgIpc) is 2.51. The molecule has 0 amide bonds. The molecule has 0 saturated heterocycles. The largest absolute Gasteiger partial charge is 0.388 e. The van der Waals surface area contributed by atoms with Crippen LogP contribution in [0, 0.1) is 5.92 Å². The first-order valence-electron chi connectivity index (χ1n) is 8.26. The van der Waals surface area contributed by atoms with Gasteiger partial charge in [-0.2, -0.15) is 0 Å². The lowest BCUT2D eigenvalue weighted by Crippen LogP contribution is -2.12. The maximum atomic E-state index is 10.2. The van der Waals surface area contributed by atoms with Crippen molar-refractivity contribution in [2.75, 3.05) is 19.3 Å². The van der Waals surface area contributed by atoms with Crippen LogP contribution in [0.25, 0.3) is 0 Å². The minimum Gasteiger partial charge on any atom is -0.388 e. The molecule has 0 bridgehead atoms. The minimum atomic E-state index is -0.361. The summed E-state index contributed by atoms with van der Waals surface area (Å²) in [4.78, 5) is 1.29. The van der Waals surface area contributed by atoms with Crippen molar-refractivity contribution in [3.8, 4) is 0 Å². The standard InChI is InChI=1S/C18H31NOS/c1-4-7-15(8-5-2)14-21-17-10-6-9-16(13-17)18(20)11-12-19-3/h6,9-10,13,15,18-20H,4-5,7-8,11-12,14H2,1-3H3. The van der Waals surface area contributed by atoms with Crippen LogP contribution >= 0.6 is 11.8 Å². The normalized spacial score (nSPS) is 12.8. The van der Waals surface area contributed by atoms with E-state index in [1.54, 1.807) is 0 Å². The molecule has 0 fully saturated rings. The van der Waals surface area contributed by atoms with E-state index in [1.807, 2.05) is 24.9 Å². The summed E-state index contributed by atoms with van der Waals surface area (Å²) < 4.78 is 0. The van der Waals surface area contributed by atoms with Crippen LogP contribution in [0.15, 0.2) is 29.2 Å². The van der Waals surface area contributed by atoms with Gasteiger partial charge in [-0.3, -0.25) is 0 Å². The van der Waals surface area contributed by atoms with Gasteiger partial charge in [0.15, 0.2) is 0 Å². The van der Waals surface area contributed by atoms with E-state index in [-0.39, 0.29) is 6.10 Å². The number of aliphatic hydroxyl groups is 1. The molecule has 0 radical (unpaired) electrons. The smallest absolute Gasteiger partial charge is 0.0802 e. The Balaban J connectivity index is 2.55. The van der Waals surface area contributed by atoms with Gasteiger partial charge in [-0.1, -0.05) is 38.8 Å². The fourth-order valence-electron chi connectivity index (χ4n) is 2.60. The first kappa shape index (κ1) is 18.5. The van der Waals surface area contributed by atoms with Crippen molar-refractivity contribution in [2.45, 2.75) is 57.0 Å². The number of aliphatic hydroxyl groups excluding tert-OH is 1. The predicted molar refractivity (Wildman–Crippen MR) is 94.0 cm³/mol. The summed E-state index contributed by atoms with van der Waals surface area (Å²) in [6.07, 6.45) is 5.59. The van der Waals surface area contributed by atoms with Crippen molar-refractivity contribution in [1.29, 1.82) is 0 Å². The van der Waals surface area contributed by atoms with Gasteiger partial charge in [0.2, 0.25) is 0 Å². The Morgan fingerprint density at radius 3 is 2.48 bits per heavy atom. The van der Waals surface area contributed by atoms with Crippen LogP contribution in [0.5, 0.6) is 0 Å². The summed E-state index contributed by atoms with van der Waals surface area (Å²) in [6.45, 7) is 5.38. The van der Waals surface area contributed by atoms with E-state index in [4.69, 9.17) is 0 Å². The molecule has 0 aromatic heterocycles. The molecule has 0 aliphatic carbocycles. The Bertz CT molecular complexity index is 377. The number of rotatable bonds is 11. The first-order chi connectivity index (χ1) is 10.2. The van der Waals surface area contributed by atoms with Crippen molar-refractivity contribution in [1.82, 2.24) is 5.32 Å². The second kappa shape index (κ2) is 11.1. The summed E-state index contributed by atoms with van der Waals surface area (Å²) in [5, 5.41) is 13.3. The SMILES string of the molecule is CCCC(CCC)CSc1cccc(C(O)CCNC)c1. The minimum absolute atomic E-state index is 0.361. The molecule has 0 heterocycles. The Morgan fingerprint density at radius 2 is 1.86 bits per heavy atom. The van der Waals surface area contributed by atoms with Crippen LogP contribution in [-0.4, -0.2) is 24.5 Å². The van der Waals surface area contributed by atoms with Crippen LogP contribution in [0.2, 0.25) is 0 Å². The Kier molecular flexibility index (Phi) is 9.81. The van der Waals surface area contributed by atoms with Crippen LogP contribution < -0.4 is 5.32 Å². The van der Waals surface area contributed by atoms with Crippen LogP contribution in [0.1, 0.15) is 57.6 Å². The molecule has 21 heavy (non-hydrogen) atoms. The predicted octanol–water partition coefficient (Wildman–Crippen LogP) is 4.64. The van der Waals surface area contributed by atoms with E-state index < -0.39 is 0 Å². The summed E-state index contributed by atoms with van der Waals surface area (Å²) in [7, 11) is 1.92. The zero-order chi connectivity index (χ0) is 15.5. The van der Waals surface area contributed by atoms with Crippen molar-refractivity contribution < 1.29 is 5.11 Å². The van der Waals surface area contributed by atoms with E-state index >= 15 is 0 Å². The average molecular weight is 310 g/mol. The second-order valence-corrected chi connectivity index (χ2v) is 6.83. The van der Waals surface area contributed by atoms with E-state index in [0.717, 1.165) is 24.4 Å². The lowest BCUT2D eigenvalue weighted by molar-refractivity contribution is 0.167. The summed E-state index contributed by atoms with van der Waals surface area (Å²) >= 11 is 1.94. The molecule has 0 spiro atoms. The van der Waals surface area contributed by atoms with E-state index in [0.29, 0.717) is 0 Å². The molecule has 1 atom stereocenters. The molecule has 1 aromatic carbocycles. The molecule has 1 rings (SSSR count). The summed E-state index contributed by atoms with van der Waals surface area (Å²) in [5.41, 5.74) is 1.04. The third-order valence-electron chi connectivity index (χ3n) is 3.79. The van der Waals surface area contributed by atoms with E-state index in [1.165, 1.54) is 36.3 Å². The molecule has 2 N–H and O–H groups in total. The van der Waals surface area contributed by atoms with Gasteiger partial charge in [-0.25, -0.2) is 0 Å². The van der Waals surface area contributed by atoms with Gasteiger partial charge in [-0.05, 0) is 56.5 Å². The molecule has 0 saturated carbocycles. The molecular formula is C18H31NOS. The molecule has 120 valence electrons. The highest BCUT2D eigenvalue weighted by atomic mass is 32.2. The van der Waals surface area contributed by atoms with Gasteiger partial charge in [0.1, 0.15) is 0 Å². The quantitative estimate of drug-likeness (QED) is 0.584. The highest BCUT2D eigenvalue weighted by molar-refractivity contribution is 7.99. The number of hydrogen-bond acceptors (Lipinski definition) is 3. The molecule has 3 heteroatoms. The van der Waals surface area contributed by atoms with Crippen LogP contribution in [0.4, 0.5) is 0 Å². The number of benzene rings is 1. The topological polar surface area (TPSA) is 32.3 Å². The Morgan fingerprint density at radius 1 is 1.14 bits per heavy atom. The fraction of sp³-hybridized carbons (Fsp3) is 0.667. The second-order valence-electron chi connectivity index (χ2n) is 5.73. The van der Waals surface area contributed by atoms with Gasteiger partial charge in [0.25, 0.3) is 0 Å². The van der Waals surface area contributed by atoms with Crippen LogP contribution in [0.3, 0.4) is 0 Å². The van der Waals surface area contributed by atoms with E-state index in [2.05, 4.69) is 37.4 Å². The van der Waals surface area contributed by atoms with Gasteiger partial charge in [-0.15, -0.1) is 11.8 Å².